The Hall–Kier alpha value is 0.0697. The summed E-state index contributed by atoms with van der Waals surface area (Å²) in [6.07, 6.45) is -0.505. The number of rotatable bonds is 3. The van der Waals surface area contributed by atoms with Crippen molar-refractivity contribution in [1.82, 2.24) is 0 Å². The van der Waals surface area contributed by atoms with E-state index in [1.54, 1.807) is 0 Å². The number of carboxylic acids is 1. The van der Waals surface area contributed by atoms with Gasteiger partial charge in [-0.1, -0.05) is 0 Å². The van der Waals surface area contributed by atoms with Crippen molar-refractivity contribution in [3.63, 3.8) is 0 Å². The van der Waals surface area contributed by atoms with Crippen molar-refractivity contribution in [3.8, 4) is 0 Å². The number of aliphatic carboxylic acids is 1. The van der Waals surface area contributed by atoms with Gasteiger partial charge in [0.1, 0.15) is 5.78 Å². The van der Waals surface area contributed by atoms with E-state index in [2.05, 4.69) is 0 Å². The molecule has 0 spiro atoms. The average molecular weight is 295 g/mol. The Morgan fingerprint density at radius 1 is 1.30 bits per heavy atom. The average Bonchev–Trinajstić information content (AvgIpc) is 1.63. The fourth-order valence-corrected chi connectivity index (χ4v) is 0.302. The molecule has 0 aromatic heterocycles. The van der Waals surface area contributed by atoms with Crippen molar-refractivity contribution < 1.29 is 57.2 Å². The number of hydrogen-bond donors (Lipinski definition) is 1. The molecule has 0 bridgehead atoms. The largest absolute Gasteiger partial charge is 0.475 e. The van der Waals surface area contributed by atoms with Gasteiger partial charge in [-0.15, -0.1) is 0 Å². The molecule has 0 heterocycles. The van der Waals surface area contributed by atoms with Crippen molar-refractivity contribution in [2.24, 2.45) is 0 Å². The summed E-state index contributed by atoms with van der Waals surface area (Å²) >= 11 is 0. The maximum atomic E-state index is 10.1. The van der Waals surface area contributed by atoms with Crippen molar-refractivity contribution in [3.05, 3.63) is 0 Å². The van der Waals surface area contributed by atoms with Crippen LogP contribution in [0.1, 0.15) is 13.3 Å². The van der Waals surface area contributed by atoms with Gasteiger partial charge in [-0.25, -0.2) is 4.79 Å². The number of carbonyl (C=O) groups excluding carboxylic acids is 2. The van der Waals surface area contributed by atoms with Gasteiger partial charge in [-0.2, -0.15) is 0 Å². The molecule has 0 aromatic rings. The Labute approximate surface area is 87.6 Å². The number of hydrogen-bond acceptors (Lipinski definition) is 3. The van der Waals surface area contributed by atoms with Gasteiger partial charge in [0.25, 0.3) is 0 Å². The van der Waals surface area contributed by atoms with Crippen LogP contribution in [-0.4, -0.2) is 22.6 Å². The predicted molar refractivity (Wildman–Crippen MR) is 27.9 cm³/mol. The third kappa shape index (κ3) is 6.19. The minimum atomic E-state index is -1.55. The van der Waals surface area contributed by atoms with Crippen LogP contribution >= 0.6 is 0 Å². The second-order valence-corrected chi connectivity index (χ2v) is 1.61. The van der Waals surface area contributed by atoms with Crippen LogP contribution in [0.4, 0.5) is 0 Å². The molecule has 0 saturated heterocycles. The third-order valence-electron chi connectivity index (χ3n) is 0.648. The first-order valence-corrected chi connectivity index (χ1v) is 2.29. The van der Waals surface area contributed by atoms with Crippen LogP contribution in [0.15, 0.2) is 0 Å². The molecule has 0 saturated carbocycles. The monoisotopic (exact) mass is 295 g/mol. The summed E-state index contributed by atoms with van der Waals surface area (Å²) in [6, 6.07) is 0. The zero-order valence-electron chi connectivity index (χ0n) is 5.18. The molecule has 0 aliphatic rings. The van der Waals surface area contributed by atoms with Crippen molar-refractivity contribution >= 4 is 17.5 Å². The van der Waals surface area contributed by atoms with Gasteiger partial charge in [0, 0.05) is 37.7 Å². The molecular formula is C5H6HoO4. The predicted octanol–water partition coefficient (Wildman–Crippen LogP) is -0.381. The molecule has 0 aromatic carbocycles. The Morgan fingerprint density at radius 3 is 1.80 bits per heavy atom. The Balaban J connectivity index is 0. The first-order chi connectivity index (χ1) is 4.04. The molecule has 0 aliphatic heterocycles. The Morgan fingerprint density at radius 2 is 1.70 bits per heavy atom. The summed E-state index contributed by atoms with van der Waals surface area (Å²) in [5.74, 6) is -3.03. The summed E-state index contributed by atoms with van der Waals surface area (Å²) < 4.78 is 0. The molecule has 0 fully saturated rings. The summed E-state index contributed by atoms with van der Waals surface area (Å²) in [6.45, 7) is 1.17. The zero-order valence-corrected chi connectivity index (χ0v) is 7.12. The third-order valence-corrected chi connectivity index (χ3v) is 0.648. The Bertz CT molecular complexity index is 163. The van der Waals surface area contributed by atoms with Gasteiger partial charge < -0.3 is 5.11 Å². The van der Waals surface area contributed by atoms with Gasteiger partial charge in [-0.3, -0.25) is 9.59 Å². The maximum Gasteiger partial charge on any atom is 0.372 e. The van der Waals surface area contributed by atoms with E-state index in [-0.39, 0.29) is 37.7 Å². The molecule has 0 amide bonds. The SMILES string of the molecule is CC(=O)CC(=O)C(=O)O.[Ho]. The number of ketones is 2. The summed E-state index contributed by atoms with van der Waals surface area (Å²) in [5.41, 5.74) is 0. The van der Waals surface area contributed by atoms with Crippen LogP contribution in [0.5, 0.6) is 0 Å². The van der Waals surface area contributed by atoms with Crippen LogP contribution in [-0.2, 0) is 14.4 Å². The van der Waals surface area contributed by atoms with E-state index < -0.39 is 24.0 Å². The van der Waals surface area contributed by atoms with E-state index in [4.69, 9.17) is 5.11 Å². The number of carboxylic acid groups (broad SMARTS) is 1. The quantitative estimate of drug-likeness (QED) is 0.438. The molecule has 0 unspecified atom stereocenters. The fraction of sp³-hybridized carbons (Fsp3) is 0.400. The standard InChI is InChI=1S/C5H6O4.Ho/c1-3(6)2-4(7)5(8)9;/h2H2,1H3,(H,8,9);. The molecule has 10 heavy (non-hydrogen) atoms. The van der Waals surface area contributed by atoms with Crippen LogP contribution in [0, 0.1) is 37.7 Å². The second-order valence-electron chi connectivity index (χ2n) is 1.61. The molecule has 0 aliphatic carbocycles. The van der Waals surface area contributed by atoms with E-state index in [1.165, 1.54) is 6.92 Å². The molecule has 0 rings (SSSR count). The van der Waals surface area contributed by atoms with Crippen LogP contribution < -0.4 is 0 Å². The van der Waals surface area contributed by atoms with Crippen LogP contribution in [0.25, 0.3) is 0 Å². The summed E-state index contributed by atoms with van der Waals surface area (Å²) in [5, 5.41) is 7.93. The van der Waals surface area contributed by atoms with E-state index >= 15 is 0 Å². The molecular weight excluding hydrogens is 289 g/mol. The molecule has 4 nitrogen and oxygen atoms in total. The summed E-state index contributed by atoms with van der Waals surface area (Å²) in [7, 11) is 0. The van der Waals surface area contributed by atoms with Crippen LogP contribution in [0.3, 0.4) is 0 Å². The van der Waals surface area contributed by atoms with Crippen molar-refractivity contribution in [2.45, 2.75) is 13.3 Å². The smallest absolute Gasteiger partial charge is 0.372 e. The van der Waals surface area contributed by atoms with E-state index in [9.17, 15) is 14.4 Å². The first-order valence-electron chi connectivity index (χ1n) is 2.29. The van der Waals surface area contributed by atoms with Gasteiger partial charge in [0.15, 0.2) is 0 Å². The number of Topliss-reactive ketones (excluding diaryl/α,β-unsaturated/α-hetero) is 2. The minimum absolute atomic E-state index is 0. The summed E-state index contributed by atoms with van der Waals surface area (Å²) in [4.78, 5) is 29.9. The molecule has 61 valence electrons. The number of carbonyl (C=O) groups is 3. The van der Waals surface area contributed by atoms with E-state index in [1.807, 2.05) is 0 Å². The van der Waals surface area contributed by atoms with Crippen LogP contribution in [0.2, 0.25) is 0 Å². The van der Waals surface area contributed by atoms with Gasteiger partial charge >= 0.3 is 5.97 Å². The zero-order chi connectivity index (χ0) is 7.44. The minimum Gasteiger partial charge on any atom is -0.475 e. The molecule has 5 heteroatoms. The molecule has 1 N–H and O–H groups in total. The van der Waals surface area contributed by atoms with Gasteiger partial charge in [-0.05, 0) is 6.92 Å². The second kappa shape index (κ2) is 5.82. The Kier molecular flexibility index (Phi) is 7.41. The van der Waals surface area contributed by atoms with E-state index in [0.29, 0.717) is 0 Å². The van der Waals surface area contributed by atoms with Crippen molar-refractivity contribution in [2.75, 3.05) is 0 Å². The topological polar surface area (TPSA) is 71.4 Å². The normalized spacial score (nSPS) is 7.70. The fourth-order valence-electron chi connectivity index (χ4n) is 0.302. The van der Waals surface area contributed by atoms with E-state index in [0.717, 1.165) is 0 Å². The maximum absolute atomic E-state index is 10.1. The van der Waals surface area contributed by atoms with Gasteiger partial charge in [0.05, 0.1) is 6.42 Å². The first kappa shape index (κ1) is 12.7. The van der Waals surface area contributed by atoms with Crippen molar-refractivity contribution in [1.29, 1.82) is 0 Å². The molecule has 0 atom stereocenters. The molecule has 1 radical (unpaired) electrons. The van der Waals surface area contributed by atoms with Gasteiger partial charge in [0.2, 0.25) is 5.78 Å².